The van der Waals surface area contributed by atoms with Crippen LogP contribution in [0.3, 0.4) is 0 Å². The van der Waals surface area contributed by atoms with Crippen LogP contribution in [0.2, 0.25) is 0 Å². The summed E-state index contributed by atoms with van der Waals surface area (Å²) in [6.45, 7) is 0. The molecular formula is C54H36N2OSi. The number of nitrogens with zero attached hydrogens (tertiary/aromatic N) is 2. The molecule has 0 fully saturated rings. The fourth-order valence-corrected chi connectivity index (χ4v) is 14.6. The fraction of sp³-hybridized carbons (Fsp3) is 0. The molecule has 12 rings (SSSR count). The van der Waals surface area contributed by atoms with Gasteiger partial charge in [0.25, 0.3) is 0 Å². The summed E-state index contributed by atoms with van der Waals surface area (Å²) < 4.78 is 11.6. The number of hydrogen-bond donors (Lipinski definition) is 0. The number of fused-ring (bicyclic) bond motifs is 10. The Morgan fingerprint density at radius 2 is 0.810 bits per heavy atom. The summed E-state index contributed by atoms with van der Waals surface area (Å²) in [4.78, 5) is 0. The van der Waals surface area contributed by atoms with Gasteiger partial charge in [0.15, 0.2) is 13.7 Å². The molecule has 0 amide bonds. The highest BCUT2D eigenvalue weighted by Crippen LogP contribution is 2.41. The Bertz CT molecular complexity index is 3410. The third-order valence-corrected chi connectivity index (χ3v) is 17.0. The summed E-state index contributed by atoms with van der Waals surface area (Å²) in [5.41, 5.74) is 8.67. The first-order valence-electron chi connectivity index (χ1n) is 19.9. The SMILES string of the molecule is c1ccc([Si](c2ccccc2)(c2ccccc2)c2cccc(-n3c4ccccc4c4cc(-n5c6ccccc6c6ccc7c8ccccc8oc7c65)ccc43)c2)cc1. The number of para-hydroxylation sites is 3. The van der Waals surface area contributed by atoms with Gasteiger partial charge < -0.3 is 13.6 Å². The van der Waals surface area contributed by atoms with E-state index < -0.39 is 8.07 Å². The van der Waals surface area contributed by atoms with Crippen molar-refractivity contribution in [3.05, 3.63) is 218 Å². The van der Waals surface area contributed by atoms with Crippen molar-refractivity contribution in [2.24, 2.45) is 0 Å². The van der Waals surface area contributed by atoms with Gasteiger partial charge in [0, 0.05) is 43.7 Å². The van der Waals surface area contributed by atoms with Crippen LogP contribution in [0.5, 0.6) is 0 Å². The highest BCUT2D eigenvalue weighted by atomic mass is 28.3. The van der Waals surface area contributed by atoms with Gasteiger partial charge in [-0.2, -0.15) is 0 Å². The molecule has 0 saturated heterocycles. The zero-order chi connectivity index (χ0) is 38.2. The van der Waals surface area contributed by atoms with Gasteiger partial charge in [0.1, 0.15) is 5.58 Å². The smallest absolute Gasteiger partial charge is 0.179 e. The Balaban J connectivity index is 1.12. The molecule has 0 unspecified atom stereocenters. The van der Waals surface area contributed by atoms with Crippen LogP contribution in [-0.4, -0.2) is 17.2 Å². The van der Waals surface area contributed by atoms with Crippen molar-refractivity contribution in [2.75, 3.05) is 0 Å². The van der Waals surface area contributed by atoms with Gasteiger partial charge in [0.2, 0.25) is 0 Å². The summed E-state index contributed by atoms with van der Waals surface area (Å²) in [6, 6.07) is 80.2. The van der Waals surface area contributed by atoms with Crippen LogP contribution in [0.25, 0.3) is 76.9 Å². The zero-order valence-electron chi connectivity index (χ0n) is 31.6. The van der Waals surface area contributed by atoms with Crippen LogP contribution in [0, 0.1) is 0 Å². The van der Waals surface area contributed by atoms with Crippen molar-refractivity contribution in [2.45, 2.75) is 0 Å². The summed E-state index contributed by atoms with van der Waals surface area (Å²) in [5.74, 6) is 0. The summed E-state index contributed by atoms with van der Waals surface area (Å²) >= 11 is 0. The van der Waals surface area contributed by atoms with Gasteiger partial charge in [-0.25, -0.2) is 0 Å². The molecule has 58 heavy (non-hydrogen) atoms. The van der Waals surface area contributed by atoms with E-state index in [4.69, 9.17) is 4.42 Å². The van der Waals surface area contributed by atoms with E-state index in [1.54, 1.807) is 0 Å². The van der Waals surface area contributed by atoms with Gasteiger partial charge in [-0.15, -0.1) is 0 Å². The van der Waals surface area contributed by atoms with Crippen LogP contribution >= 0.6 is 0 Å². The minimum Gasteiger partial charge on any atom is -0.454 e. The minimum absolute atomic E-state index is 0.904. The van der Waals surface area contributed by atoms with E-state index in [2.05, 4.69) is 221 Å². The lowest BCUT2D eigenvalue weighted by Gasteiger charge is -2.34. The Kier molecular flexibility index (Phi) is 7.25. The van der Waals surface area contributed by atoms with Crippen molar-refractivity contribution < 1.29 is 4.42 Å². The quantitative estimate of drug-likeness (QED) is 0.122. The van der Waals surface area contributed by atoms with Gasteiger partial charge in [-0.05, 0) is 75.3 Å². The number of benzene rings is 9. The van der Waals surface area contributed by atoms with Crippen LogP contribution in [0.1, 0.15) is 0 Å². The first-order valence-corrected chi connectivity index (χ1v) is 21.9. The van der Waals surface area contributed by atoms with E-state index in [0.29, 0.717) is 0 Å². The van der Waals surface area contributed by atoms with Gasteiger partial charge >= 0.3 is 0 Å². The van der Waals surface area contributed by atoms with Crippen molar-refractivity contribution in [1.29, 1.82) is 0 Å². The number of rotatable bonds is 6. The maximum atomic E-state index is 6.69. The molecule has 0 atom stereocenters. The highest BCUT2D eigenvalue weighted by molar-refractivity contribution is 7.19. The molecule has 3 aromatic heterocycles. The van der Waals surface area contributed by atoms with Crippen LogP contribution in [-0.2, 0) is 0 Å². The van der Waals surface area contributed by atoms with E-state index >= 15 is 0 Å². The molecule has 0 bridgehead atoms. The normalized spacial score (nSPS) is 12.1. The Labute approximate surface area is 336 Å². The van der Waals surface area contributed by atoms with Gasteiger partial charge in [-0.3, -0.25) is 0 Å². The first kappa shape index (κ1) is 32.8. The van der Waals surface area contributed by atoms with E-state index in [1.807, 2.05) is 6.07 Å². The summed E-state index contributed by atoms with van der Waals surface area (Å²) in [6.07, 6.45) is 0. The largest absolute Gasteiger partial charge is 0.454 e. The number of furan rings is 1. The second kappa shape index (κ2) is 12.8. The predicted molar refractivity (Wildman–Crippen MR) is 246 cm³/mol. The highest BCUT2D eigenvalue weighted by Gasteiger charge is 2.41. The maximum absolute atomic E-state index is 6.69. The van der Waals surface area contributed by atoms with Crippen molar-refractivity contribution in [3.63, 3.8) is 0 Å². The van der Waals surface area contributed by atoms with E-state index in [-0.39, 0.29) is 0 Å². The molecule has 9 aromatic carbocycles. The lowest BCUT2D eigenvalue weighted by atomic mass is 10.1. The molecule has 0 aliphatic carbocycles. The second-order valence-electron chi connectivity index (χ2n) is 15.2. The average Bonchev–Trinajstić information content (AvgIpc) is 3.96. The molecule has 272 valence electrons. The molecule has 0 aliphatic rings. The van der Waals surface area contributed by atoms with E-state index in [1.165, 1.54) is 53.3 Å². The molecule has 12 aromatic rings. The van der Waals surface area contributed by atoms with Crippen molar-refractivity contribution in [3.8, 4) is 11.4 Å². The lowest BCUT2D eigenvalue weighted by Crippen LogP contribution is -2.74. The molecular weight excluding hydrogens is 721 g/mol. The maximum Gasteiger partial charge on any atom is 0.179 e. The monoisotopic (exact) mass is 756 g/mol. The number of hydrogen-bond acceptors (Lipinski definition) is 1. The Hall–Kier alpha value is -7.40. The molecule has 0 spiro atoms. The Morgan fingerprint density at radius 1 is 0.310 bits per heavy atom. The molecule has 4 heteroatoms. The van der Waals surface area contributed by atoms with E-state index in [9.17, 15) is 0 Å². The van der Waals surface area contributed by atoms with Crippen LogP contribution in [0.4, 0.5) is 0 Å². The second-order valence-corrected chi connectivity index (χ2v) is 19.1. The zero-order valence-corrected chi connectivity index (χ0v) is 32.6. The van der Waals surface area contributed by atoms with Crippen molar-refractivity contribution in [1.82, 2.24) is 9.13 Å². The standard InChI is InChI=1S/C54H36N2OSi/c1-4-18-39(19-5-1)58(40-20-6-2-7-21-40,41-22-8-3-9-23-41)42-24-16-17-37(35-42)55-49-28-13-11-26-44(49)48-36-38(31-34-51(48)55)56-50-29-14-10-25-43(50)46-32-33-47-45-27-12-15-30-52(45)57-54(47)53(46)56/h1-36H. The summed E-state index contributed by atoms with van der Waals surface area (Å²) in [7, 11) is -2.74. The van der Waals surface area contributed by atoms with E-state index in [0.717, 1.165) is 44.3 Å². The number of aromatic nitrogens is 2. The third-order valence-electron chi connectivity index (χ3n) is 12.3. The average molecular weight is 757 g/mol. The predicted octanol–water partition coefficient (Wildman–Crippen LogP) is 11.2. The van der Waals surface area contributed by atoms with Crippen LogP contribution < -0.4 is 20.7 Å². The molecule has 3 nitrogen and oxygen atoms in total. The minimum atomic E-state index is -2.74. The lowest BCUT2D eigenvalue weighted by molar-refractivity contribution is 0.671. The van der Waals surface area contributed by atoms with Crippen molar-refractivity contribution >= 4 is 94.4 Å². The summed E-state index contributed by atoms with van der Waals surface area (Å²) in [5, 5.41) is 12.5. The third kappa shape index (κ3) is 4.67. The Morgan fingerprint density at radius 3 is 1.48 bits per heavy atom. The molecule has 3 heterocycles. The first-order chi connectivity index (χ1) is 28.8. The van der Waals surface area contributed by atoms with Gasteiger partial charge in [0.05, 0.1) is 22.1 Å². The van der Waals surface area contributed by atoms with Gasteiger partial charge in [-0.1, -0.05) is 164 Å². The molecule has 0 saturated carbocycles. The molecule has 0 radical (unpaired) electrons. The topological polar surface area (TPSA) is 23.0 Å². The van der Waals surface area contributed by atoms with Crippen LogP contribution in [0.15, 0.2) is 223 Å². The molecule has 0 N–H and O–H groups in total. The fourth-order valence-electron chi connectivity index (χ4n) is 9.82. The molecule has 0 aliphatic heterocycles.